The maximum absolute atomic E-state index is 11.8. The Morgan fingerprint density at radius 2 is 1.81 bits per heavy atom. The van der Waals surface area contributed by atoms with E-state index < -0.39 is 50.4 Å². The van der Waals surface area contributed by atoms with Gasteiger partial charge < -0.3 is 36.7 Å². The summed E-state index contributed by atoms with van der Waals surface area (Å²) >= 11 is 0. The fourth-order valence-electron chi connectivity index (χ4n) is 1.76. The second kappa shape index (κ2) is 8.30. The van der Waals surface area contributed by atoms with Crippen LogP contribution in [-0.2, 0) is 4.79 Å². The van der Waals surface area contributed by atoms with Crippen molar-refractivity contribution in [3.05, 3.63) is 0 Å². The molecule has 0 bridgehead atoms. The first kappa shape index (κ1) is 21.3. The van der Waals surface area contributed by atoms with Gasteiger partial charge in [-0.25, -0.2) is 9.59 Å². The largest absolute Gasteiger partial charge is 0.412 e. The van der Waals surface area contributed by atoms with E-state index >= 15 is 0 Å². The van der Waals surface area contributed by atoms with Crippen molar-refractivity contribution in [1.82, 2.24) is 20.4 Å². The lowest BCUT2D eigenvalue weighted by Gasteiger charge is -2.40. The molecule has 0 aliphatic carbocycles. The van der Waals surface area contributed by atoms with Crippen molar-refractivity contribution in [2.24, 2.45) is 0 Å². The van der Waals surface area contributed by atoms with Gasteiger partial charge in [0.1, 0.15) is 20.2 Å². The van der Waals surface area contributed by atoms with Crippen molar-refractivity contribution >= 4 is 18.0 Å². The molecule has 0 aromatic rings. The van der Waals surface area contributed by atoms with E-state index in [0.29, 0.717) is 9.80 Å². The maximum Gasteiger partial charge on any atom is 0.328 e. The molecule has 1 atom stereocenters. The van der Waals surface area contributed by atoms with Crippen molar-refractivity contribution < 1.29 is 45.8 Å². The van der Waals surface area contributed by atoms with Gasteiger partial charge in [0.25, 0.3) is 5.91 Å². The monoisotopic (exact) mass is 314 g/mol. The SMILES string of the molecule is O.O.O=C(NCO)N(CO)C1(CO)C(=O)NC(=O)N1CO. The van der Waals surface area contributed by atoms with E-state index in [1.807, 2.05) is 5.32 Å². The van der Waals surface area contributed by atoms with E-state index in [0.717, 1.165) is 0 Å². The van der Waals surface area contributed by atoms with Gasteiger partial charge in [0, 0.05) is 0 Å². The van der Waals surface area contributed by atoms with E-state index in [9.17, 15) is 19.5 Å². The number of aliphatic hydroxyl groups is 4. The Bertz CT molecular complexity index is 392. The molecule has 1 fully saturated rings. The number of carbonyl (C=O) groups excluding carboxylic acids is 3. The molecule has 13 heteroatoms. The molecule has 1 aliphatic rings. The average Bonchev–Trinajstić information content (AvgIpc) is 2.62. The van der Waals surface area contributed by atoms with Gasteiger partial charge in [-0.2, -0.15) is 0 Å². The fourth-order valence-corrected chi connectivity index (χ4v) is 1.76. The summed E-state index contributed by atoms with van der Waals surface area (Å²) in [7, 11) is 0. The van der Waals surface area contributed by atoms with Crippen molar-refractivity contribution in [2.45, 2.75) is 5.66 Å². The maximum atomic E-state index is 11.8. The Hall–Kier alpha value is -2.03. The van der Waals surface area contributed by atoms with Gasteiger partial charge in [0.2, 0.25) is 5.66 Å². The van der Waals surface area contributed by atoms with E-state index in [2.05, 4.69) is 0 Å². The van der Waals surface area contributed by atoms with Crippen LogP contribution in [0.15, 0.2) is 0 Å². The van der Waals surface area contributed by atoms with Crippen LogP contribution in [0, 0.1) is 0 Å². The van der Waals surface area contributed by atoms with E-state index in [1.165, 1.54) is 0 Å². The third kappa shape index (κ3) is 3.18. The predicted molar refractivity (Wildman–Crippen MR) is 64.1 cm³/mol. The van der Waals surface area contributed by atoms with Crippen LogP contribution in [-0.4, -0.2) is 91.6 Å². The van der Waals surface area contributed by atoms with Gasteiger partial charge >= 0.3 is 12.1 Å². The van der Waals surface area contributed by atoms with Gasteiger partial charge in [-0.05, 0) is 0 Å². The molecule has 0 radical (unpaired) electrons. The Kier molecular flexibility index (Phi) is 8.41. The standard InChI is InChI=1S/C8H14N4O7.2H2O/c13-1-8(11(3-15)6(18)9-2-14)5(17)10-7(19)12(8)4-16;;/h13-16H,1-4H2,(H,9,18)(H,10,17,19);2*1H2. The molecule has 10 N–H and O–H groups in total. The topological polar surface area (TPSA) is 226 Å². The molecule has 0 saturated carbocycles. The van der Waals surface area contributed by atoms with Crippen LogP contribution in [0.5, 0.6) is 0 Å². The number of imide groups is 1. The highest BCUT2D eigenvalue weighted by Crippen LogP contribution is 2.25. The van der Waals surface area contributed by atoms with E-state index in [4.69, 9.17) is 15.3 Å². The van der Waals surface area contributed by atoms with Gasteiger partial charge in [0.15, 0.2) is 0 Å². The van der Waals surface area contributed by atoms with Gasteiger partial charge in [0.05, 0.1) is 6.61 Å². The molecule has 0 aromatic carbocycles. The first-order chi connectivity index (χ1) is 8.99. The summed E-state index contributed by atoms with van der Waals surface area (Å²) in [6.45, 7) is -3.85. The molecule has 0 spiro atoms. The van der Waals surface area contributed by atoms with Crippen LogP contribution < -0.4 is 10.6 Å². The summed E-state index contributed by atoms with van der Waals surface area (Å²) in [5.41, 5.74) is -2.28. The number of nitrogens with one attached hydrogen (secondary N) is 2. The summed E-state index contributed by atoms with van der Waals surface area (Å²) in [5, 5.41) is 39.9. The second-order valence-electron chi connectivity index (χ2n) is 3.51. The van der Waals surface area contributed by atoms with Crippen LogP contribution >= 0.6 is 0 Å². The Morgan fingerprint density at radius 1 is 1.24 bits per heavy atom. The normalized spacial score (nSPS) is 20.3. The van der Waals surface area contributed by atoms with Gasteiger partial charge in [-0.15, -0.1) is 0 Å². The zero-order valence-electron chi connectivity index (χ0n) is 10.7. The zero-order chi connectivity index (χ0) is 14.6. The molecule has 5 amide bonds. The molecular weight excluding hydrogens is 296 g/mol. The highest BCUT2D eigenvalue weighted by atomic mass is 16.3. The third-order valence-electron chi connectivity index (χ3n) is 2.70. The van der Waals surface area contributed by atoms with Crippen LogP contribution in [0.2, 0.25) is 0 Å². The average molecular weight is 314 g/mol. The Morgan fingerprint density at radius 3 is 2.19 bits per heavy atom. The molecule has 124 valence electrons. The minimum atomic E-state index is -2.28. The van der Waals surface area contributed by atoms with Crippen molar-refractivity contribution in [1.29, 1.82) is 0 Å². The number of urea groups is 2. The minimum Gasteiger partial charge on any atom is -0.412 e. The minimum absolute atomic E-state index is 0. The van der Waals surface area contributed by atoms with Crippen molar-refractivity contribution in [3.8, 4) is 0 Å². The predicted octanol–water partition coefficient (Wildman–Crippen LogP) is -5.56. The van der Waals surface area contributed by atoms with Gasteiger partial charge in [-0.3, -0.25) is 19.9 Å². The summed E-state index contributed by atoms with van der Waals surface area (Å²) in [4.78, 5) is 35.7. The second-order valence-corrected chi connectivity index (χ2v) is 3.51. The third-order valence-corrected chi connectivity index (χ3v) is 2.70. The number of carbonyl (C=O) groups is 3. The lowest BCUT2D eigenvalue weighted by atomic mass is 10.1. The number of hydrogen-bond donors (Lipinski definition) is 6. The lowest BCUT2D eigenvalue weighted by Crippen LogP contribution is -2.68. The molecule has 1 aliphatic heterocycles. The summed E-state index contributed by atoms with van der Waals surface area (Å²) < 4.78 is 0. The van der Waals surface area contributed by atoms with E-state index in [1.54, 1.807) is 5.32 Å². The van der Waals surface area contributed by atoms with Crippen molar-refractivity contribution in [2.75, 3.05) is 26.8 Å². The highest BCUT2D eigenvalue weighted by molar-refractivity contribution is 6.08. The van der Waals surface area contributed by atoms with Gasteiger partial charge in [-0.1, -0.05) is 0 Å². The van der Waals surface area contributed by atoms with Crippen LogP contribution in [0.25, 0.3) is 0 Å². The fraction of sp³-hybridized carbons (Fsp3) is 0.625. The summed E-state index contributed by atoms with van der Waals surface area (Å²) in [6.07, 6.45) is 0. The quantitative estimate of drug-likeness (QED) is 0.213. The number of aliphatic hydroxyl groups excluding tert-OH is 4. The first-order valence-electron chi connectivity index (χ1n) is 5.11. The molecule has 1 heterocycles. The zero-order valence-corrected chi connectivity index (χ0v) is 10.7. The summed E-state index contributed by atoms with van der Waals surface area (Å²) in [5.74, 6) is -1.09. The molecule has 1 rings (SSSR count). The molecule has 0 aromatic heterocycles. The summed E-state index contributed by atoms with van der Waals surface area (Å²) in [6, 6.07) is -2.14. The Balaban J connectivity index is 0. The van der Waals surface area contributed by atoms with Crippen LogP contribution in [0.4, 0.5) is 9.59 Å². The molecule has 13 nitrogen and oxygen atoms in total. The number of rotatable bonds is 5. The number of hydrogen-bond acceptors (Lipinski definition) is 7. The van der Waals surface area contributed by atoms with Crippen LogP contribution in [0.3, 0.4) is 0 Å². The molecular formula is C8H18N4O9. The first-order valence-corrected chi connectivity index (χ1v) is 5.11. The number of amides is 5. The molecule has 1 saturated heterocycles. The Labute approximate surface area is 118 Å². The van der Waals surface area contributed by atoms with Crippen molar-refractivity contribution in [3.63, 3.8) is 0 Å². The molecule has 21 heavy (non-hydrogen) atoms. The smallest absolute Gasteiger partial charge is 0.328 e. The number of nitrogens with zero attached hydrogens (tertiary/aromatic N) is 2. The van der Waals surface area contributed by atoms with E-state index in [-0.39, 0.29) is 11.0 Å². The lowest BCUT2D eigenvalue weighted by molar-refractivity contribution is -0.147. The van der Waals surface area contributed by atoms with Crippen LogP contribution in [0.1, 0.15) is 0 Å². The molecule has 1 unspecified atom stereocenters. The highest BCUT2D eigenvalue weighted by Gasteiger charge is 2.58.